The van der Waals surface area contributed by atoms with Crippen LogP contribution in [0.1, 0.15) is 27.9 Å². The van der Waals surface area contributed by atoms with Gasteiger partial charge in [-0.3, -0.25) is 14.5 Å². The highest BCUT2D eigenvalue weighted by Gasteiger charge is 2.31. The van der Waals surface area contributed by atoms with Gasteiger partial charge in [-0.1, -0.05) is 0 Å². The number of hydrogen-bond donors (Lipinski definition) is 1. The van der Waals surface area contributed by atoms with Crippen LogP contribution < -0.4 is 5.56 Å². The molecular weight excluding hydrogens is 294 g/mol. The monoisotopic (exact) mass is 315 g/mol. The zero-order chi connectivity index (χ0) is 16.6. The Labute approximate surface area is 134 Å². The van der Waals surface area contributed by atoms with Crippen LogP contribution in [0.15, 0.2) is 29.3 Å². The molecule has 1 unspecified atom stereocenters. The molecular formula is C16H21N5O2. The van der Waals surface area contributed by atoms with E-state index in [-0.39, 0.29) is 17.5 Å². The lowest BCUT2D eigenvalue weighted by Crippen LogP contribution is -2.49. The summed E-state index contributed by atoms with van der Waals surface area (Å²) in [5.74, 6) is 0.832. The van der Waals surface area contributed by atoms with Crippen LogP contribution in [0.25, 0.3) is 0 Å². The second-order valence-electron chi connectivity index (χ2n) is 6.06. The van der Waals surface area contributed by atoms with Crippen LogP contribution >= 0.6 is 0 Å². The lowest BCUT2D eigenvalue weighted by Gasteiger charge is -2.39. The summed E-state index contributed by atoms with van der Waals surface area (Å²) in [6.07, 6.45) is 3.67. The number of aryl methyl sites for hydroxylation is 2. The zero-order valence-corrected chi connectivity index (χ0v) is 13.6. The molecule has 0 saturated carbocycles. The molecule has 0 aliphatic carbocycles. The van der Waals surface area contributed by atoms with E-state index in [1.54, 1.807) is 24.1 Å². The Morgan fingerprint density at radius 2 is 2.09 bits per heavy atom. The average molecular weight is 315 g/mol. The van der Waals surface area contributed by atoms with Crippen molar-refractivity contribution in [2.24, 2.45) is 7.05 Å². The van der Waals surface area contributed by atoms with E-state index < -0.39 is 0 Å². The molecule has 1 amide bonds. The Balaban J connectivity index is 1.84. The van der Waals surface area contributed by atoms with Gasteiger partial charge >= 0.3 is 0 Å². The first-order valence-electron chi connectivity index (χ1n) is 7.63. The van der Waals surface area contributed by atoms with Crippen molar-refractivity contribution in [2.75, 3.05) is 26.7 Å². The summed E-state index contributed by atoms with van der Waals surface area (Å²) in [5.41, 5.74) is 0.883. The van der Waals surface area contributed by atoms with Crippen LogP contribution in [-0.4, -0.2) is 56.9 Å². The van der Waals surface area contributed by atoms with Crippen LogP contribution in [0.4, 0.5) is 0 Å². The molecule has 7 nitrogen and oxygen atoms in total. The minimum absolute atomic E-state index is 0.0517. The fourth-order valence-electron chi connectivity index (χ4n) is 3.02. The maximum atomic E-state index is 12.7. The van der Waals surface area contributed by atoms with Gasteiger partial charge in [0.05, 0.1) is 6.04 Å². The van der Waals surface area contributed by atoms with Gasteiger partial charge in [0.25, 0.3) is 5.91 Å². The van der Waals surface area contributed by atoms with Crippen molar-refractivity contribution in [1.29, 1.82) is 0 Å². The maximum absolute atomic E-state index is 12.7. The van der Waals surface area contributed by atoms with Gasteiger partial charge in [0.1, 0.15) is 5.82 Å². The number of H-pyrrole nitrogens is 1. The first-order chi connectivity index (χ1) is 11.0. The largest absolute Gasteiger partial charge is 0.337 e. The highest BCUT2D eigenvalue weighted by molar-refractivity contribution is 5.94. The quantitative estimate of drug-likeness (QED) is 0.878. The van der Waals surface area contributed by atoms with Crippen molar-refractivity contribution >= 4 is 5.91 Å². The minimum atomic E-state index is -0.247. The van der Waals surface area contributed by atoms with Crippen molar-refractivity contribution in [1.82, 2.24) is 24.3 Å². The van der Waals surface area contributed by atoms with Gasteiger partial charge in [-0.05, 0) is 20.0 Å². The predicted octanol–water partition coefficient (Wildman–Crippen LogP) is 0.546. The number of aromatic nitrogens is 3. The topological polar surface area (TPSA) is 74.2 Å². The number of carbonyl (C=O) groups is 1. The Morgan fingerprint density at radius 3 is 2.74 bits per heavy atom. The van der Waals surface area contributed by atoms with Crippen molar-refractivity contribution in [2.45, 2.75) is 13.0 Å². The van der Waals surface area contributed by atoms with Gasteiger partial charge in [0.2, 0.25) is 5.56 Å². The predicted molar refractivity (Wildman–Crippen MR) is 86.3 cm³/mol. The number of pyridine rings is 1. The van der Waals surface area contributed by atoms with Crippen molar-refractivity contribution in [3.63, 3.8) is 0 Å². The Morgan fingerprint density at radius 1 is 1.30 bits per heavy atom. The molecule has 122 valence electrons. The van der Waals surface area contributed by atoms with Crippen molar-refractivity contribution in [3.05, 3.63) is 52.0 Å². The first-order valence-corrected chi connectivity index (χ1v) is 7.63. The third-order valence-corrected chi connectivity index (χ3v) is 4.32. The normalized spacial score (nSPS) is 19.1. The number of nitrogens with zero attached hydrogens (tertiary/aromatic N) is 4. The highest BCUT2D eigenvalue weighted by Crippen LogP contribution is 2.23. The second kappa shape index (κ2) is 6.00. The van der Waals surface area contributed by atoms with Crippen LogP contribution in [0.5, 0.6) is 0 Å². The van der Waals surface area contributed by atoms with Gasteiger partial charge in [-0.15, -0.1) is 0 Å². The molecule has 0 radical (unpaired) electrons. The molecule has 2 aromatic heterocycles. The van der Waals surface area contributed by atoms with Crippen molar-refractivity contribution < 1.29 is 4.79 Å². The number of carbonyl (C=O) groups excluding carboxylic acids is 1. The maximum Gasteiger partial charge on any atom is 0.254 e. The Bertz CT molecular complexity index is 779. The summed E-state index contributed by atoms with van der Waals surface area (Å²) in [6.45, 7) is 3.75. The molecule has 0 aromatic carbocycles. The minimum Gasteiger partial charge on any atom is -0.337 e. The fourth-order valence-corrected chi connectivity index (χ4v) is 3.02. The smallest absolute Gasteiger partial charge is 0.254 e. The van der Waals surface area contributed by atoms with E-state index >= 15 is 0 Å². The summed E-state index contributed by atoms with van der Waals surface area (Å²) >= 11 is 0. The van der Waals surface area contributed by atoms with E-state index in [4.69, 9.17) is 0 Å². The molecule has 0 spiro atoms. The number of hydrogen-bond acceptors (Lipinski definition) is 4. The van der Waals surface area contributed by atoms with E-state index in [0.29, 0.717) is 24.3 Å². The Hall–Kier alpha value is -2.41. The molecule has 1 atom stereocenters. The molecule has 23 heavy (non-hydrogen) atoms. The number of aromatic amines is 1. The number of amides is 1. The van der Waals surface area contributed by atoms with Crippen LogP contribution in [0, 0.1) is 6.92 Å². The van der Waals surface area contributed by atoms with E-state index in [0.717, 1.165) is 12.4 Å². The van der Waals surface area contributed by atoms with Gasteiger partial charge in [0, 0.05) is 56.4 Å². The second-order valence-corrected chi connectivity index (χ2v) is 6.06. The number of piperazine rings is 1. The summed E-state index contributed by atoms with van der Waals surface area (Å²) in [6, 6.07) is 3.14. The lowest BCUT2D eigenvalue weighted by molar-refractivity contribution is 0.0528. The fraction of sp³-hybridized carbons (Fsp3) is 0.438. The standard InChI is InChI=1S/C16H21N5O2/c1-11-8-12(9-14(22)18-11)16(23)21-7-6-19(2)13(10-21)15-17-4-5-20(15)3/h4-5,8-9,13H,6-7,10H2,1-3H3,(H,18,22). The summed E-state index contributed by atoms with van der Waals surface area (Å²) in [4.78, 5) is 35.4. The number of rotatable bonds is 2. The van der Waals surface area contributed by atoms with Crippen LogP contribution in [0.2, 0.25) is 0 Å². The van der Waals surface area contributed by atoms with Gasteiger partial charge in [0.15, 0.2) is 0 Å². The molecule has 1 aliphatic rings. The number of imidazole rings is 1. The molecule has 3 heterocycles. The van der Waals surface area contributed by atoms with Gasteiger partial charge in [-0.2, -0.15) is 0 Å². The van der Waals surface area contributed by atoms with Gasteiger partial charge in [-0.25, -0.2) is 4.98 Å². The van der Waals surface area contributed by atoms with Crippen LogP contribution in [0.3, 0.4) is 0 Å². The van der Waals surface area contributed by atoms with E-state index in [1.165, 1.54) is 6.07 Å². The summed E-state index contributed by atoms with van der Waals surface area (Å²) in [5, 5.41) is 0. The summed E-state index contributed by atoms with van der Waals surface area (Å²) < 4.78 is 1.98. The molecule has 1 aliphatic heterocycles. The average Bonchev–Trinajstić information content (AvgIpc) is 2.92. The van der Waals surface area contributed by atoms with Crippen LogP contribution in [-0.2, 0) is 7.05 Å². The van der Waals surface area contributed by atoms with E-state index in [2.05, 4.69) is 14.9 Å². The molecule has 2 aromatic rings. The summed E-state index contributed by atoms with van der Waals surface area (Å²) in [7, 11) is 4.00. The van der Waals surface area contributed by atoms with Gasteiger partial charge < -0.3 is 14.5 Å². The SMILES string of the molecule is Cc1cc(C(=O)N2CCN(C)C(c3nccn3C)C2)cc(=O)[nH]1. The molecule has 7 heteroatoms. The van der Waals surface area contributed by atoms with Crippen molar-refractivity contribution in [3.8, 4) is 0 Å². The lowest BCUT2D eigenvalue weighted by atomic mass is 10.1. The highest BCUT2D eigenvalue weighted by atomic mass is 16.2. The molecule has 1 saturated heterocycles. The zero-order valence-electron chi connectivity index (χ0n) is 13.6. The van der Waals surface area contributed by atoms with E-state index in [1.807, 2.05) is 24.9 Å². The molecule has 3 rings (SSSR count). The number of likely N-dealkylation sites (N-methyl/N-ethyl adjacent to an activating group) is 1. The van der Waals surface area contributed by atoms with E-state index in [9.17, 15) is 9.59 Å². The first kappa shape index (κ1) is 15.5. The Kier molecular flexibility index (Phi) is 4.04. The molecule has 0 bridgehead atoms. The third kappa shape index (κ3) is 3.05. The third-order valence-electron chi connectivity index (χ3n) is 4.32. The number of nitrogens with one attached hydrogen (secondary N) is 1. The molecule has 1 fully saturated rings. The molecule has 1 N–H and O–H groups in total.